The normalized spacial score (nSPS) is 16.4. The average Bonchev–Trinajstić information content (AvgIpc) is 2.70. The van der Waals surface area contributed by atoms with E-state index in [0.717, 1.165) is 12.1 Å². The molecule has 0 radical (unpaired) electrons. The summed E-state index contributed by atoms with van der Waals surface area (Å²) in [5, 5.41) is 2.89. The minimum atomic E-state index is -4.40. The number of morpholine rings is 1. The molecule has 1 aliphatic heterocycles. The van der Waals surface area contributed by atoms with Gasteiger partial charge in [-0.15, -0.1) is 0 Å². The second-order valence-corrected chi connectivity index (χ2v) is 7.76. The van der Waals surface area contributed by atoms with Crippen LogP contribution in [-0.4, -0.2) is 48.6 Å². The van der Waals surface area contributed by atoms with E-state index in [1.54, 1.807) is 6.07 Å². The summed E-state index contributed by atoms with van der Waals surface area (Å²) < 4.78 is 44.6. The highest BCUT2D eigenvalue weighted by Crippen LogP contribution is 2.31. The van der Waals surface area contributed by atoms with Crippen molar-refractivity contribution in [3.8, 4) is 0 Å². The first kappa shape index (κ1) is 22.0. The minimum Gasteiger partial charge on any atom is -0.379 e. The SMILES string of the molecule is O=C(NCC(c1ccc(C(F)(F)F)cc1)N1CCOCC1)c1cc(Br)cnc1Cl. The Morgan fingerprint density at radius 1 is 1.28 bits per heavy atom. The van der Waals surface area contributed by atoms with Crippen LogP contribution in [0.1, 0.15) is 27.5 Å². The van der Waals surface area contributed by atoms with Gasteiger partial charge in [-0.05, 0) is 39.7 Å². The molecule has 0 saturated carbocycles. The molecule has 1 fully saturated rings. The Morgan fingerprint density at radius 2 is 1.93 bits per heavy atom. The van der Waals surface area contributed by atoms with E-state index in [2.05, 4.69) is 31.1 Å². The van der Waals surface area contributed by atoms with Gasteiger partial charge >= 0.3 is 6.18 Å². The number of nitrogens with zero attached hydrogens (tertiary/aromatic N) is 2. The molecule has 0 spiro atoms. The molecule has 29 heavy (non-hydrogen) atoms. The summed E-state index contributed by atoms with van der Waals surface area (Å²) in [4.78, 5) is 18.6. The van der Waals surface area contributed by atoms with Crippen LogP contribution in [0.2, 0.25) is 5.15 Å². The van der Waals surface area contributed by atoms with Crippen molar-refractivity contribution in [2.45, 2.75) is 12.2 Å². The topological polar surface area (TPSA) is 54.5 Å². The van der Waals surface area contributed by atoms with Crippen LogP contribution >= 0.6 is 27.5 Å². The maximum absolute atomic E-state index is 12.9. The molecule has 2 aromatic rings. The summed E-state index contributed by atoms with van der Waals surface area (Å²) in [5.41, 5.74) is 0.186. The smallest absolute Gasteiger partial charge is 0.379 e. The lowest BCUT2D eigenvalue weighted by Gasteiger charge is -2.35. The number of carbonyl (C=O) groups excluding carboxylic acids is 1. The number of hydrogen-bond donors (Lipinski definition) is 1. The van der Waals surface area contributed by atoms with Crippen LogP contribution in [0, 0.1) is 0 Å². The first-order valence-electron chi connectivity index (χ1n) is 8.84. The molecule has 10 heteroatoms. The molecule has 1 amide bonds. The number of alkyl halides is 3. The number of pyridine rings is 1. The zero-order chi connectivity index (χ0) is 21.0. The van der Waals surface area contributed by atoms with E-state index in [9.17, 15) is 18.0 Å². The van der Waals surface area contributed by atoms with Gasteiger partial charge in [0.15, 0.2) is 0 Å². The van der Waals surface area contributed by atoms with E-state index < -0.39 is 17.6 Å². The molecule has 3 rings (SSSR count). The molecule has 1 atom stereocenters. The Kier molecular flexibility index (Phi) is 7.15. The van der Waals surface area contributed by atoms with Gasteiger partial charge in [-0.1, -0.05) is 23.7 Å². The van der Waals surface area contributed by atoms with Crippen molar-refractivity contribution in [1.82, 2.24) is 15.2 Å². The molecular formula is C19H18BrClF3N3O2. The Balaban J connectivity index is 1.79. The number of halogens is 5. The van der Waals surface area contributed by atoms with Gasteiger partial charge in [0.1, 0.15) is 5.15 Å². The van der Waals surface area contributed by atoms with E-state index in [1.807, 2.05) is 0 Å². The van der Waals surface area contributed by atoms with Crippen molar-refractivity contribution in [1.29, 1.82) is 0 Å². The van der Waals surface area contributed by atoms with Crippen LogP contribution in [0.4, 0.5) is 13.2 Å². The lowest BCUT2D eigenvalue weighted by molar-refractivity contribution is -0.137. The predicted molar refractivity (Wildman–Crippen MR) is 106 cm³/mol. The van der Waals surface area contributed by atoms with Gasteiger partial charge in [0.25, 0.3) is 5.91 Å². The number of rotatable bonds is 5. The van der Waals surface area contributed by atoms with Crippen LogP contribution < -0.4 is 5.32 Å². The zero-order valence-corrected chi connectivity index (χ0v) is 17.5. The van der Waals surface area contributed by atoms with Gasteiger partial charge in [0, 0.05) is 30.3 Å². The molecular weight excluding hydrogens is 475 g/mol. The first-order valence-corrected chi connectivity index (χ1v) is 10.0. The van der Waals surface area contributed by atoms with Crippen molar-refractivity contribution < 1.29 is 22.7 Å². The number of ether oxygens (including phenoxy) is 1. The number of hydrogen-bond acceptors (Lipinski definition) is 4. The van der Waals surface area contributed by atoms with Gasteiger partial charge in [-0.25, -0.2) is 4.98 Å². The monoisotopic (exact) mass is 491 g/mol. The van der Waals surface area contributed by atoms with Gasteiger partial charge in [-0.2, -0.15) is 13.2 Å². The fraction of sp³-hybridized carbons (Fsp3) is 0.368. The second-order valence-electron chi connectivity index (χ2n) is 6.49. The van der Waals surface area contributed by atoms with Crippen LogP contribution in [0.15, 0.2) is 41.0 Å². The average molecular weight is 493 g/mol. The third kappa shape index (κ3) is 5.69. The van der Waals surface area contributed by atoms with Gasteiger partial charge in [0.2, 0.25) is 0 Å². The zero-order valence-electron chi connectivity index (χ0n) is 15.2. The molecule has 1 aliphatic rings. The lowest BCUT2D eigenvalue weighted by Crippen LogP contribution is -2.43. The van der Waals surface area contributed by atoms with Crippen molar-refractivity contribution in [3.05, 3.63) is 62.8 Å². The summed E-state index contributed by atoms with van der Waals surface area (Å²) in [5.74, 6) is -0.408. The van der Waals surface area contributed by atoms with Crippen molar-refractivity contribution >= 4 is 33.4 Å². The molecule has 1 aromatic carbocycles. The third-order valence-electron chi connectivity index (χ3n) is 4.62. The van der Waals surface area contributed by atoms with Crippen molar-refractivity contribution in [2.24, 2.45) is 0 Å². The summed E-state index contributed by atoms with van der Waals surface area (Å²) in [6.07, 6.45) is -2.91. The number of aromatic nitrogens is 1. The fourth-order valence-corrected chi connectivity index (χ4v) is 3.63. The third-order valence-corrected chi connectivity index (χ3v) is 5.35. The molecule has 1 N–H and O–H groups in total. The van der Waals surface area contributed by atoms with Crippen molar-refractivity contribution in [2.75, 3.05) is 32.8 Å². The van der Waals surface area contributed by atoms with Crippen LogP contribution in [0.5, 0.6) is 0 Å². The highest BCUT2D eigenvalue weighted by Gasteiger charge is 2.31. The molecule has 156 valence electrons. The van der Waals surface area contributed by atoms with E-state index in [1.165, 1.54) is 18.3 Å². The number of benzene rings is 1. The number of amides is 1. The first-order chi connectivity index (χ1) is 13.8. The molecule has 1 unspecified atom stereocenters. The maximum Gasteiger partial charge on any atom is 0.416 e. The minimum absolute atomic E-state index is 0.0724. The van der Waals surface area contributed by atoms with E-state index >= 15 is 0 Å². The molecule has 1 aromatic heterocycles. The number of nitrogens with one attached hydrogen (secondary N) is 1. The Morgan fingerprint density at radius 3 is 2.55 bits per heavy atom. The Hall–Kier alpha value is -1.68. The number of carbonyl (C=O) groups is 1. The highest BCUT2D eigenvalue weighted by molar-refractivity contribution is 9.10. The summed E-state index contributed by atoms with van der Waals surface area (Å²) in [6.45, 7) is 2.47. The standard InChI is InChI=1S/C19H18BrClF3N3O2/c20-14-9-15(17(21)25-10-14)18(28)26-11-16(27-5-7-29-8-6-27)12-1-3-13(4-2-12)19(22,23)24/h1-4,9-10,16H,5-8,11H2,(H,26,28). The quantitative estimate of drug-likeness (QED) is 0.632. The van der Waals surface area contributed by atoms with Gasteiger partial charge < -0.3 is 10.1 Å². The van der Waals surface area contributed by atoms with Crippen LogP contribution in [0.3, 0.4) is 0 Å². The highest BCUT2D eigenvalue weighted by atomic mass is 79.9. The predicted octanol–water partition coefficient (Wildman–Crippen LogP) is 4.32. The Bertz CT molecular complexity index is 859. The second kappa shape index (κ2) is 9.42. The lowest BCUT2D eigenvalue weighted by atomic mass is 10.0. The van der Waals surface area contributed by atoms with E-state index in [0.29, 0.717) is 36.3 Å². The van der Waals surface area contributed by atoms with E-state index in [-0.39, 0.29) is 23.3 Å². The largest absolute Gasteiger partial charge is 0.416 e. The summed E-state index contributed by atoms with van der Waals surface area (Å²) in [7, 11) is 0. The molecule has 5 nitrogen and oxygen atoms in total. The van der Waals surface area contributed by atoms with Gasteiger partial charge in [0.05, 0.1) is 30.4 Å². The summed E-state index contributed by atoms with van der Waals surface area (Å²) in [6, 6.07) is 6.27. The molecule has 0 aliphatic carbocycles. The molecule has 2 heterocycles. The van der Waals surface area contributed by atoms with Crippen LogP contribution in [-0.2, 0) is 10.9 Å². The maximum atomic E-state index is 12.9. The van der Waals surface area contributed by atoms with Gasteiger partial charge in [-0.3, -0.25) is 9.69 Å². The molecule has 1 saturated heterocycles. The fourth-order valence-electron chi connectivity index (χ4n) is 3.11. The van der Waals surface area contributed by atoms with E-state index in [4.69, 9.17) is 16.3 Å². The summed E-state index contributed by atoms with van der Waals surface area (Å²) >= 11 is 9.26. The molecule has 0 bridgehead atoms. The Labute approximate surface area is 179 Å². The van der Waals surface area contributed by atoms with Crippen LogP contribution in [0.25, 0.3) is 0 Å². The van der Waals surface area contributed by atoms with Crippen molar-refractivity contribution in [3.63, 3.8) is 0 Å².